The Morgan fingerprint density at radius 2 is 2.08 bits per heavy atom. The first-order valence-electron chi connectivity index (χ1n) is 6.98. The maximum atomic E-state index is 12.0. The molecule has 2 aromatic heterocycles. The predicted octanol–water partition coefficient (Wildman–Crippen LogP) is 3.05. The van der Waals surface area contributed by atoms with E-state index in [1.54, 1.807) is 12.3 Å². The standard InChI is InChI=1S/C15H14BrN5O2S/c1-9-12(6-7-23-9)14-19-20-15(21(14)17)24-8-13(22)18-11-4-2-10(16)3-5-11/h2-7H,8,17H2,1H3,(H,18,22). The fourth-order valence-electron chi connectivity index (χ4n) is 2.04. The van der Waals surface area contributed by atoms with Crippen LogP contribution in [-0.4, -0.2) is 26.5 Å². The zero-order chi connectivity index (χ0) is 17.1. The first-order valence-corrected chi connectivity index (χ1v) is 8.75. The second kappa shape index (κ2) is 7.10. The normalized spacial score (nSPS) is 10.8. The van der Waals surface area contributed by atoms with Crippen LogP contribution in [0.4, 0.5) is 5.69 Å². The molecule has 124 valence electrons. The minimum atomic E-state index is -0.147. The van der Waals surface area contributed by atoms with E-state index in [1.807, 2.05) is 31.2 Å². The number of benzene rings is 1. The molecule has 0 aliphatic heterocycles. The molecule has 0 aliphatic carbocycles. The van der Waals surface area contributed by atoms with Crippen LogP contribution in [0, 0.1) is 6.92 Å². The van der Waals surface area contributed by atoms with Crippen LogP contribution < -0.4 is 11.2 Å². The van der Waals surface area contributed by atoms with Gasteiger partial charge < -0.3 is 15.6 Å². The number of hydrogen-bond acceptors (Lipinski definition) is 6. The molecule has 3 rings (SSSR count). The first kappa shape index (κ1) is 16.6. The van der Waals surface area contributed by atoms with E-state index in [0.717, 1.165) is 15.7 Å². The summed E-state index contributed by atoms with van der Waals surface area (Å²) in [6.07, 6.45) is 1.57. The zero-order valence-corrected chi connectivity index (χ0v) is 15.1. The second-order valence-corrected chi connectivity index (χ2v) is 6.77. The third kappa shape index (κ3) is 3.62. The summed E-state index contributed by atoms with van der Waals surface area (Å²) in [4.78, 5) is 12.0. The van der Waals surface area contributed by atoms with Crippen molar-refractivity contribution in [1.29, 1.82) is 0 Å². The molecule has 0 unspecified atom stereocenters. The fraction of sp³-hybridized carbons (Fsp3) is 0.133. The van der Waals surface area contributed by atoms with Gasteiger partial charge >= 0.3 is 0 Å². The van der Waals surface area contributed by atoms with Gasteiger partial charge in [0.2, 0.25) is 11.1 Å². The maximum absolute atomic E-state index is 12.0. The molecule has 0 aliphatic rings. The monoisotopic (exact) mass is 407 g/mol. The Labute approximate surface area is 150 Å². The van der Waals surface area contributed by atoms with Gasteiger partial charge in [-0.15, -0.1) is 10.2 Å². The number of nitrogen functional groups attached to an aromatic ring is 1. The molecule has 0 radical (unpaired) electrons. The molecule has 0 bridgehead atoms. The lowest BCUT2D eigenvalue weighted by atomic mass is 10.2. The van der Waals surface area contributed by atoms with Crippen LogP contribution >= 0.6 is 27.7 Å². The van der Waals surface area contributed by atoms with Gasteiger partial charge in [-0.25, -0.2) is 4.68 Å². The number of halogens is 1. The molecule has 0 saturated heterocycles. The lowest BCUT2D eigenvalue weighted by molar-refractivity contribution is -0.113. The molecular formula is C15H14BrN5O2S. The number of nitrogens with two attached hydrogens (primary N) is 1. The summed E-state index contributed by atoms with van der Waals surface area (Å²) in [6, 6.07) is 9.13. The second-order valence-electron chi connectivity index (χ2n) is 4.91. The van der Waals surface area contributed by atoms with Gasteiger partial charge in [-0.1, -0.05) is 27.7 Å². The average molecular weight is 408 g/mol. The molecule has 24 heavy (non-hydrogen) atoms. The lowest BCUT2D eigenvalue weighted by Crippen LogP contribution is -2.16. The molecule has 0 saturated carbocycles. The Kier molecular flexibility index (Phi) is 4.91. The van der Waals surface area contributed by atoms with Gasteiger partial charge in [0, 0.05) is 10.2 Å². The van der Waals surface area contributed by atoms with E-state index in [-0.39, 0.29) is 11.7 Å². The number of hydrogen-bond donors (Lipinski definition) is 2. The molecule has 9 heteroatoms. The third-order valence-electron chi connectivity index (χ3n) is 3.22. The van der Waals surface area contributed by atoms with E-state index in [0.29, 0.717) is 16.7 Å². The van der Waals surface area contributed by atoms with Crippen molar-refractivity contribution in [2.45, 2.75) is 12.1 Å². The third-order valence-corrected chi connectivity index (χ3v) is 4.70. The van der Waals surface area contributed by atoms with Crippen molar-refractivity contribution in [2.75, 3.05) is 16.9 Å². The number of anilines is 1. The van der Waals surface area contributed by atoms with Gasteiger partial charge in [-0.3, -0.25) is 4.79 Å². The summed E-state index contributed by atoms with van der Waals surface area (Å²) in [6.45, 7) is 1.82. The molecule has 2 heterocycles. The van der Waals surface area contributed by atoms with E-state index in [9.17, 15) is 4.79 Å². The summed E-state index contributed by atoms with van der Waals surface area (Å²) < 4.78 is 7.55. The van der Waals surface area contributed by atoms with E-state index < -0.39 is 0 Å². The molecule has 0 fully saturated rings. The highest BCUT2D eigenvalue weighted by atomic mass is 79.9. The fourth-order valence-corrected chi connectivity index (χ4v) is 2.96. The lowest BCUT2D eigenvalue weighted by Gasteiger charge is -2.05. The number of aromatic nitrogens is 3. The number of nitrogens with one attached hydrogen (secondary N) is 1. The summed E-state index contributed by atoms with van der Waals surface area (Å²) in [7, 11) is 0. The molecule has 3 N–H and O–H groups in total. The highest BCUT2D eigenvalue weighted by Crippen LogP contribution is 2.25. The van der Waals surface area contributed by atoms with E-state index in [4.69, 9.17) is 10.3 Å². The van der Waals surface area contributed by atoms with Crippen LogP contribution in [-0.2, 0) is 4.79 Å². The van der Waals surface area contributed by atoms with Gasteiger partial charge in [0.05, 0.1) is 17.6 Å². The topological polar surface area (TPSA) is 99.0 Å². The summed E-state index contributed by atoms with van der Waals surface area (Å²) in [5.41, 5.74) is 1.50. The number of furan rings is 1. The molecule has 0 atom stereocenters. The largest absolute Gasteiger partial charge is 0.469 e. The van der Waals surface area contributed by atoms with Gasteiger partial charge in [-0.05, 0) is 37.3 Å². The van der Waals surface area contributed by atoms with Gasteiger partial charge in [0.25, 0.3) is 0 Å². The molecule has 1 amide bonds. The van der Waals surface area contributed by atoms with E-state index >= 15 is 0 Å². The average Bonchev–Trinajstić information content (AvgIpc) is 3.13. The Morgan fingerprint density at radius 3 is 2.75 bits per heavy atom. The summed E-state index contributed by atoms with van der Waals surface area (Å²) in [5, 5.41) is 11.4. The number of thioether (sulfide) groups is 1. The van der Waals surface area contributed by atoms with Crippen LogP contribution in [0.3, 0.4) is 0 Å². The highest BCUT2D eigenvalue weighted by molar-refractivity contribution is 9.10. The predicted molar refractivity (Wildman–Crippen MR) is 96.1 cm³/mol. The van der Waals surface area contributed by atoms with Crippen LogP contribution in [0.5, 0.6) is 0 Å². The highest BCUT2D eigenvalue weighted by Gasteiger charge is 2.16. The van der Waals surface area contributed by atoms with Crippen LogP contribution in [0.25, 0.3) is 11.4 Å². The summed E-state index contributed by atoms with van der Waals surface area (Å²) >= 11 is 4.56. The van der Waals surface area contributed by atoms with Crippen molar-refractivity contribution in [3.05, 3.63) is 46.8 Å². The maximum Gasteiger partial charge on any atom is 0.234 e. The smallest absolute Gasteiger partial charge is 0.234 e. The number of amides is 1. The number of aryl methyl sites for hydroxylation is 1. The Balaban J connectivity index is 1.63. The molecule has 1 aromatic carbocycles. The molecule has 7 nitrogen and oxygen atoms in total. The molecule has 0 spiro atoms. The van der Waals surface area contributed by atoms with Crippen LogP contribution in [0.1, 0.15) is 5.76 Å². The Bertz CT molecular complexity index is 859. The quantitative estimate of drug-likeness (QED) is 0.497. The van der Waals surface area contributed by atoms with Crippen LogP contribution in [0.2, 0.25) is 0 Å². The zero-order valence-electron chi connectivity index (χ0n) is 12.7. The van der Waals surface area contributed by atoms with E-state index in [1.165, 1.54) is 16.4 Å². The number of carbonyl (C=O) groups is 1. The molecule has 3 aromatic rings. The summed E-state index contributed by atoms with van der Waals surface area (Å²) in [5.74, 6) is 7.24. The minimum Gasteiger partial charge on any atom is -0.469 e. The van der Waals surface area contributed by atoms with Crippen LogP contribution in [0.15, 0.2) is 50.6 Å². The minimum absolute atomic E-state index is 0.147. The van der Waals surface area contributed by atoms with Crippen molar-refractivity contribution >= 4 is 39.3 Å². The van der Waals surface area contributed by atoms with Gasteiger partial charge in [0.15, 0.2) is 5.82 Å². The first-order chi connectivity index (χ1) is 11.5. The van der Waals surface area contributed by atoms with Crippen molar-refractivity contribution in [3.8, 4) is 11.4 Å². The van der Waals surface area contributed by atoms with Gasteiger partial charge in [0.1, 0.15) is 5.76 Å². The Hall–Kier alpha value is -2.26. The van der Waals surface area contributed by atoms with Crippen molar-refractivity contribution in [2.24, 2.45) is 0 Å². The van der Waals surface area contributed by atoms with Gasteiger partial charge in [-0.2, -0.15) is 0 Å². The van der Waals surface area contributed by atoms with Crippen molar-refractivity contribution in [3.63, 3.8) is 0 Å². The number of rotatable bonds is 5. The number of nitrogens with zero attached hydrogens (tertiary/aromatic N) is 3. The Morgan fingerprint density at radius 1 is 1.33 bits per heavy atom. The molecular weight excluding hydrogens is 394 g/mol. The van der Waals surface area contributed by atoms with Crippen molar-refractivity contribution < 1.29 is 9.21 Å². The SMILES string of the molecule is Cc1occc1-c1nnc(SCC(=O)Nc2ccc(Br)cc2)n1N. The number of carbonyl (C=O) groups excluding carboxylic acids is 1. The van der Waals surface area contributed by atoms with E-state index in [2.05, 4.69) is 31.4 Å². The van der Waals surface area contributed by atoms with Crippen molar-refractivity contribution in [1.82, 2.24) is 14.9 Å².